The summed E-state index contributed by atoms with van der Waals surface area (Å²) in [5, 5.41) is 4.26. The van der Waals surface area contributed by atoms with Crippen molar-refractivity contribution >= 4 is 43.6 Å². The van der Waals surface area contributed by atoms with Gasteiger partial charge in [0, 0.05) is 63.0 Å². The molecule has 0 radical (unpaired) electrons. The Kier molecular flexibility index (Phi) is 5.07. The second-order valence-electron chi connectivity index (χ2n) is 9.85. The van der Waals surface area contributed by atoms with Crippen LogP contribution in [0.3, 0.4) is 0 Å². The first-order valence-corrected chi connectivity index (χ1v) is 13.2. The first-order valence-electron chi connectivity index (χ1n) is 13.2. The van der Waals surface area contributed by atoms with Gasteiger partial charge in [-0.25, -0.2) is 9.97 Å². The Bertz CT molecular complexity index is 2090. The number of nitrogens with zero attached hydrogens (tertiary/aromatic N) is 5. The molecule has 5 nitrogen and oxygen atoms in total. The number of hydrogen-bond acceptors (Lipinski definition) is 5. The lowest BCUT2D eigenvalue weighted by molar-refractivity contribution is 1.33. The van der Waals surface area contributed by atoms with Gasteiger partial charge in [-0.15, -0.1) is 0 Å². The molecule has 0 unspecified atom stereocenters. The quantitative estimate of drug-likeness (QED) is 0.223. The average Bonchev–Trinajstić information content (AvgIpc) is 3.04. The second-order valence-corrected chi connectivity index (χ2v) is 9.85. The van der Waals surface area contributed by atoms with E-state index in [1.54, 1.807) is 6.20 Å². The van der Waals surface area contributed by atoms with Gasteiger partial charge in [0.1, 0.15) is 0 Å². The van der Waals surface area contributed by atoms with E-state index in [0.717, 1.165) is 77.3 Å². The summed E-state index contributed by atoms with van der Waals surface area (Å²) in [5.74, 6) is 0. The molecule has 5 heterocycles. The van der Waals surface area contributed by atoms with Crippen LogP contribution < -0.4 is 0 Å². The Balaban J connectivity index is 1.36. The molecule has 0 aliphatic carbocycles. The fourth-order valence-corrected chi connectivity index (χ4v) is 5.42. The molecule has 40 heavy (non-hydrogen) atoms. The highest BCUT2D eigenvalue weighted by Crippen LogP contribution is 2.34. The molecule has 3 aromatic carbocycles. The SMILES string of the molecule is c1cncc(-c2cc(-c3ccc4ccc5ncccc5c4n3)cc(-c3ccc4ccc5ncccc5c4n3)c2)c1. The summed E-state index contributed by atoms with van der Waals surface area (Å²) in [6, 6.07) is 35.3. The van der Waals surface area contributed by atoms with Crippen LogP contribution in [0.5, 0.6) is 0 Å². The number of pyridine rings is 5. The van der Waals surface area contributed by atoms with Gasteiger partial charge < -0.3 is 0 Å². The molecule has 5 aromatic heterocycles. The molecule has 8 aromatic rings. The van der Waals surface area contributed by atoms with Crippen molar-refractivity contribution in [1.82, 2.24) is 24.9 Å². The molecular weight excluding hydrogens is 490 g/mol. The minimum Gasteiger partial charge on any atom is -0.264 e. The van der Waals surface area contributed by atoms with E-state index in [2.05, 4.69) is 87.7 Å². The molecule has 0 fully saturated rings. The fourth-order valence-electron chi connectivity index (χ4n) is 5.42. The van der Waals surface area contributed by atoms with Gasteiger partial charge in [0.05, 0.1) is 33.5 Å². The second kappa shape index (κ2) is 9.03. The van der Waals surface area contributed by atoms with Crippen molar-refractivity contribution in [2.45, 2.75) is 0 Å². The molecule has 0 N–H and O–H groups in total. The molecule has 0 saturated heterocycles. The van der Waals surface area contributed by atoms with Gasteiger partial charge in [0.15, 0.2) is 0 Å². The predicted octanol–water partition coefficient (Wildman–Crippen LogP) is 8.28. The maximum absolute atomic E-state index is 5.15. The van der Waals surface area contributed by atoms with Gasteiger partial charge in [-0.2, -0.15) is 0 Å². The number of benzene rings is 3. The van der Waals surface area contributed by atoms with Gasteiger partial charge in [-0.05, 0) is 78.4 Å². The van der Waals surface area contributed by atoms with E-state index in [4.69, 9.17) is 9.97 Å². The minimum absolute atomic E-state index is 0.895. The molecule has 0 amide bonds. The summed E-state index contributed by atoms with van der Waals surface area (Å²) in [5.41, 5.74) is 9.68. The average molecular weight is 512 g/mol. The van der Waals surface area contributed by atoms with Gasteiger partial charge in [0.2, 0.25) is 0 Å². The van der Waals surface area contributed by atoms with Gasteiger partial charge in [-0.3, -0.25) is 15.0 Å². The van der Waals surface area contributed by atoms with E-state index in [1.165, 1.54) is 0 Å². The van der Waals surface area contributed by atoms with Crippen LogP contribution in [0, 0.1) is 0 Å². The van der Waals surface area contributed by atoms with Crippen molar-refractivity contribution < 1.29 is 0 Å². The van der Waals surface area contributed by atoms with Crippen LogP contribution in [-0.4, -0.2) is 24.9 Å². The van der Waals surface area contributed by atoms with Gasteiger partial charge >= 0.3 is 0 Å². The van der Waals surface area contributed by atoms with Crippen molar-refractivity contribution in [1.29, 1.82) is 0 Å². The van der Waals surface area contributed by atoms with E-state index >= 15 is 0 Å². The lowest BCUT2D eigenvalue weighted by Gasteiger charge is -2.12. The lowest BCUT2D eigenvalue weighted by atomic mass is 9.96. The largest absolute Gasteiger partial charge is 0.264 e. The Morgan fingerprint density at radius 3 is 1.50 bits per heavy atom. The molecule has 8 rings (SSSR count). The predicted molar refractivity (Wildman–Crippen MR) is 162 cm³/mol. The van der Waals surface area contributed by atoms with Crippen LogP contribution in [0.4, 0.5) is 0 Å². The van der Waals surface area contributed by atoms with Crippen LogP contribution in [0.1, 0.15) is 0 Å². The van der Waals surface area contributed by atoms with Crippen LogP contribution in [0.15, 0.2) is 128 Å². The molecule has 0 atom stereocenters. The van der Waals surface area contributed by atoms with Crippen LogP contribution in [0.25, 0.3) is 77.3 Å². The van der Waals surface area contributed by atoms with Crippen LogP contribution in [-0.2, 0) is 0 Å². The van der Waals surface area contributed by atoms with Gasteiger partial charge in [0.25, 0.3) is 0 Å². The van der Waals surface area contributed by atoms with E-state index < -0.39 is 0 Å². The number of fused-ring (bicyclic) bond motifs is 6. The van der Waals surface area contributed by atoms with Crippen LogP contribution in [0.2, 0.25) is 0 Å². The Morgan fingerprint density at radius 1 is 0.425 bits per heavy atom. The first kappa shape index (κ1) is 22.4. The zero-order chi connectivity index (χ0) is 26.5. The maximum atomic E-state index is 5.15. The number of rotatable bonds is 3. The van der Waals surface area contributed by atoms with Crippen molar-refractivity contribution in [3.8, 4) is 33.6 Å². The highest BCUT2D eigenvalue weighted by atomic mass is 14.7. The normalized spacial score (nSPS) is 11.5. The summed E-state index contributed by atoms with van der Waals surface area (Å²) in [7, 11) is 0. The number of hydrogen-bond donors (Lipinski definition) is 0. The molecule has 0 spiro atoms. The zero-order valence-corrected chi connectivity index (χ0v) is 21.4. The molecule has 0 bridgehead atoms. The zero-order valence-electron chi connectivity index (χ0n) is 21.4. The first-order chi connectivity index (χ1) is 19.8. The summed E-state index contributed by atoms with van der Waals surface area (Å²) in [6.45, 7) is 0. The Morgan fingerprint density at radius 2 is 0.950 bits per heavy atom. The van der Waals surface area contributed by atoms with E-state index in [1.807, 2.05) is 48.9 Å². The monoisotopic (exact) mass is 511 g/mol. The molecule has 5 heteroatoms. The fraction of sp³-hybridized carbons (Fsp3) is 0. The third-order valence-electron chi connectivity index (χ3n) is 7.40. The maximum Gasteiger partial charge on any atom is 0.0803 e. The summed E-state index contributed by atoms with van der Waals surface area (Å²) in [4.78, 5) is 23.7. The van der Waals surface area contributed by atoms with E-state index in [0.29, 0.717) is 0 Å². The van der Waals surface area contributed by atoms with Crippen molar-refractivity contribution in [2.75, 3.05) is 0 Å². The highest BCUT2D eigenvalue weighted by molar-refractivity contribution is 6.05. The smallest absolute Gasteiger partial charge is 0.0803 e. The van der Waals surface area contributed by atoms with Crippen molar-refractivity contribution in [2.24, 2.45) is 0 Å². The molecule has 0 aliphatic heterocycles. The minimum atomic E-state index is 0.895. The Hall–Kier alpha value is -5.55. The third-order valence-corrected chi connectivity index (χ3v) is 7.40. The molecule has 0 saturated carbocycles. The van der Waals surface area contributed by atoms with Crippen LogP contribution >= 0.6 is 0 Å². The topological polar surface area (TPSA) is 64.5 Å². The highest BCUT2D eigenvalue weighted by Gasteiger charge is 2.12. The van der Waals surface area contributed by atoms with E-state index in [9.17, 15) is 0 Å². The lowest BCUT2D eigenvalue weighted by Crippen LogP contribution is -1.92. The summed E-state index contributed by atoms with van der Waals surface area (Å²) in [6.07, 6.45) is 7.32. The standard InChI is InChI=1S/C35H21N5/c1-4-24(21-36-15-1)25-18-26(30-11-7-22-9-13-32-28(34(22)39-30)5-2-16-37-32)20-27(19-25)31-12-8-23-10-14-33-29(35(23)40-31)6-3-17-38-33/h1-21H. The Labute approximate surface area is 229 Å². The third kappa shape index (κ3) is 3.76. The van der Waals surface area contributed by atoms with Crippen molar-refractivity contribution in [3.63, 3.8) is 0 Å². The summed E-state index contributed by atoms with van der Waals surface area (Å²) < 4.78 is 0. The molecular formula is C35H21N5. The van der Waals surface area contributed by atoms with Crippen molar-refractivity contribution in [3.05, 3.63) is 128 Å². The van der Waals surface area contributed by atoms with E-state index in [-0.39, 0.29) is 0 Å². The number of aromatic nitrogens is 5. The van der Waals surface area contributed by atoms with Gasteiger partial charge in [-0.1, -0.05) is 30.3 Å². The molecule has 0 aliphatic rings. The molecule has 186 valence electrons. The summed E-state index contributed by atoms with van der Waals surface area (Å²) >= 11 is 0.